The summed E-state index contributed by atoms with van der Waals surface area (Å²) in [6.07, 6.45) is -2.89. The van der Waals surface area contributed by atoms with Crippen LogP contribution in [0.1, 0.15) is 30.9 Å². The molecule has 0 spiro atoms. The number of carbonyl (C=O) groups excluding carboxylic acids is 2. The van der Waals surface area contributed by atoms with Crippen LogP contribution >= 0.6 is 0 Å². The molecule has 1 aromatic carbocycles. The van der Waals surface area contributed by atoms with Crippen molar-refractivity contribution in [2.75, 3.05) is 26.2 Å². The minimum atomic E-state index is -4.35. The number of nitrogens with one attached hydrogen (secondary N) is 1. The van der Waals surface area contributed by atoms with Crippen molar-refractivity contribution in [1.29, 1.82) is 0 Å². The van der Waals surface area contributed by atoms with Gasteiger partial charge in [-0.3, -0.25) is 4.79 Å². The van der Waals surface area contributed by atoms with Crippen molar-refractivity contribution in [2.45, 2.75) is 32.4 Å². The van der Waals surface area contributed by atoms with Gasteiger partial charge in [0.25, 0.3) is 0 Å². The third-order valence-electron chi connectivity index (χ3n) is 4.31. The van der Waals surface area contributed by atoms with Gasteiger partial charge in [0.15, 0.2) is 0 Å². The first-order valence-electron chi connectivity index (χ1n) is 8.66. The molecule has 1 saturated heterocycles. The van der Waals surface area contributed by atoms with Crippen molar-refractivity contribution in [3.8, 4) is 0 Å². The molecule has 0 saturated carbocycles. The predicted octanol–water partition coefficient (Wildman–Crippen LogP) is 3.23. The van der Waals surface area contributed by atoms with Gasteiger partial charge in [-0.05, 0) is 43.9 Å². The third-order valence-corrected chi connectivity index (χ3v) is 4.31. The summed E-state index contributed by atoms with van der Waals surface area (Å²) in [4.78, 5) is 25.6. The highest BCUT2D eigenvalue weighted by molar-refractivity contribution is 5.80. The highest BCUT2D eigenvalue weighted by Gasteiger charge is 2.30. The first-order valence-corrected chi connectivity index (χ1v) is 8.66. The van der Waals surface area contributed by atoms with Crippen LogP contribution in [0.25, 0.3) is 0 Å². The molecule has 26 heavy (non-hydrogen) atoms. The number of alkyl halides is 3. The van der Waals surface area contributed by atoms with Gasteiger partial charge in [-0.1, -0.05) is 12.1 Å². The summed E-state index contributed by atoms with van der Waals surface area (Å²) in [6.45, 7) is 3.26. The number of rotatable bonds is 5. The Morgan fingerprint density at radius 3 is 2.58 bits per heavy atom. The quantitative estimate of drug-likeness (QED) is 0.863. The minimum Gasteiger partial charge on any atom is -0.450 e. The fraction of sp³-hybridized carbons (Fsp3) is 0.556. The lowest BCUT2D eigenvalue weighted by Gasteiger charge is -2.31. The molecule has 2 rings (SSSR count). The summed E-state index contributed by atoms with van der Waals surface area (Å²) in [7, 11) is 0. The van der Waals surface area contributed by atoms with Crippen LogP contribution in [-0.4, -0.2) is 43.1 Å². The Bertz CT molecular complexity index is 617. The van der Waals surface area contributed by atoms with Crippen LogP contribution in [0.3, 0.4) is 0 Å². The number of hydrogen-bond acceptors (Lipinski definition) is 3. The number of carbonyl (C=O) groups is 2. The lowest BCUT2D eigenvalue weighted by molar-refractivity contribution is -0.137. The van der Waals surface area contributed by atoms with Gasteiger partial charge in [0.2, 0.25) is 5.91 Å². The van der Waals surface area contributed by atoms with E-state index in [-0.39, 0.29) is 11.8 Å². The molecule has 8 heteroatoms. The molecule has 1 fully saturated rings. The summed E-state index contributed by atoms with van der Waals surface area (Å²) in [6, 6.07) is 4.90. The van der Waals surface area contributed by atoms with Gasteiger partial charge in [0.05, 0.1) is 18.1 Å². The summed E-state index contributed by atoms with van der Waals surface area (Å²) in [5, 5.41) is 2.80. The minimum absolute atomic E-state index is 0.147. The Morgan fingerprint density at radius 2 is 1.96 bits per heavy atom. The van der Waals surface area contributed by atoms with Crippen LogP contribution in [0.5, 0.6) is 0 Å². The van der Waals surface area contributed by atoms with Crippen molar-refractivity contribution < 1.29 is 27.5 Å². The van der Waals surface area contributed by atoms with Crippen molar-refractivity contribution in [1.82, 2.24) is 10.2 Å². The molecule has 5 nitrogen and oxygen atoms in total. The van der Waals surface area contributed by atoms with E-state index in [0.29, 0.717) is 39.1 Å². The fourth-order valence-corrected chi connectivity index (χ4v) is 2.91. The van der Waals surface area contributed by atoms with Gasteiger partial charge in [-0.25, -0.2) is 4.79 Å². The van der Waals surface area contributed by atoms with E-state index in [9.17, 15) is 22.8 Å². The van der Waals surface area contributed by atoms with Crippen LogP contribution in [0.4, 0.5) is 18.0 Å². The first kappa shape index (κ1) is 20.1. The average molecular weight is 372 g/mol. The normalized spacial score (nSPS) is 17.7. The van der Waals surface area contributed by atoms with E-state index in [4.69, 9.17) is 4.74 Å². The molecule has 144 valence electrons. The second-order valence-corrected chi connectivity index (χ2v) is 6.22. The number of benzene rings is 1. The summed E-state index contributed by atoms with van der Waals surface area (Å²) >= 11 is 0. The molecule has 1 aromatic rings. The van der Waals surface area contributed by atoms with Crippen molar-refractivity contribution in [2.24, 2.45) is 5.92 Å². The maximum atomic E-state index is 12.5. The number of ether oxygens (including phenoxy) is 1. The van der Waals surface area contributed by atoms with Gasteiger partial charge < -0.3 is 15.0 Å². The molecule has 0 aromatic heterocycles. The van der Waals surface area contributed by atoms with E-state index in [1.54, 1.807) is 6.92 Å². The van der Waals surface area contributed by atoms with E-state index in [2.05, 4.69) is 5.32 Å². The van der Waals surface area contributed by atoms with E-state index in [1.165, 1.54) is 17.0 Å². The Labute approximate surface area is 150 Å². The summed E-state index contributed by atoms with van der Waals surface area (Å²) in [5.74, 6) is -0.438. The van der Waals surface area contributed by atoms with Crippen LogP contribution in [-0.2, 0) is 22.1 Å². The highest BCUT2D eigenvalue weighted by Crippen LogP contribution is 2.29. The standard InChI is InChI=1S/C18H23F3N2O3/c1-2-26-17(25)23-11-3-4-14(12-23)16(24)22-10-9-13-5-7-15(8-6-13)18(19,20)21/h5-8,14H,2-4,9-12H2,1H3,(H,22,24). The van der Waals surface area contributed by atoms with E-state index in [0.717, 1.165) is 24.1 Å². The molecule has 2 amide bonds. The van der Waals surface area contributed by atoms with Crippen molar-refractivity contribution >= 4 is 12.0 Å². The monoisotopic (exact) mass is 372 g/mol. The zero-order valence-corrected chi connectivity index (χ0v) is 14.6. The third kappa shape index (κ3) is 5.64. The molecule has 1 atom stereocenters. The topological polar surface area (TPSA) is 58.6 Å². The average Bonchev–Trinajstić information content (AvgIpc) is 2.61. The summed E-state index contributed by atoms with van der Waals surface area (Å²) in [5.41, 5.74) is 0.0293. The molecule has 1 unspecified atom stereocenters. The van der Waals surface area contributed by atoms with E-state index in [1.807, 2.05) is 0 Å². The number of likely N-dealkylation sites (tertiary alicyclic amines) is 1. The molecule has 1 heterocycles. The Hall–Kier alpha value is -2.25. The lowest BCUT2D eigenvalue weighted by atomic mass is 9.97. The molecular weight excluding hydrogens is 349 g/mol. The smallest absolute Gasteiger partial charge is 0.416 e. The van der Waals surface area contributed by atoms with Crippen LogP contribution in [0.2, 0.25) is 0 Å². The number of nitrogens with zero attached hydrogens (tertiary/aromatic N) is 1. The zero-order valence-electron chi connectivity index (χ0n) is 14.6. The highest BCUT2D eigenvalue weighted by atomic mass is 19.4. The largest absolute Gasteiger partial charge is 0.450 e. The van der Waals surface area contributed by atoms with E-state index >= 15 is 0 Å². The van der Waals surface area contributed by atoms with Gasteiger partial charge in [-0.2, -0.15) is 13.2 Å². The molecule has 0 aliphatic carbocycles. The Kier molecular flexibility index (Phi) is 6.88. The Balaban J connectivity index is 1.78. The van der Waals surface area contributed by atoms with Crippen molar-refractivity contribution in [3.63, 3.8) is 0 Å². The predicted molar refractivity (Wildman–Crippen MR) is 89.5 cm³/mol. The fourth-order valence-electron chi connectivity index (χ4n) is 2.91. The molecule has 0 bridgehead atoms. The van der Waals surface area contributed by atoms with Gasteiger partial charge in [0.1, 0.15) is 0 Å². The van der Waals surface area contributed by atoms with Crippen LogP contribution in [0, 0.1) is 5.92 Å². The second-order valence-electron chi connectivity index (χ2n) is 6.22. The number of halogens is 3. The van der Waals surface area contributed by atoms with Crippen LogP contribution < -0.4 is 5.32 Å². The maximum absolute atomic E-state index is 12.5. The molecule has 1 N–H and O–H groups in total. The Morgan fingerprint density at radius 1 is 1.27 bits per heavy atom. The summed E-state index contributed by atoms with van der Waals surface area (Å²) < 4.78 is 42.5. The number of hydrogen-bond donors (Lipinski definition) is 1. The van der Waals surface area contributed by atoms with Gasteiger partial charge in [-0.15, -0.1) is 0 Å². The molecule has 1 aliphatic heterocycles. The molecule has 1 aliphatic rings. The second kappa shape index (κ2) is 8.91. The van der Waals surface area contributed by atoms with Crippen molar-refractivity contribution in [3.05, 3.63) is 35.4 Å². The maximum Gasteiger partial charge on any atom is 0.416 e. The molecular formula is C18H23F3N2O3. The lowest BCUT2D eigenvalue weighted by Crippen LogP contribution is -2.45. The van der Waals surface area contributed by atoms with E-state index < -0.39 is 17.8 Å². The van der Waals surface area contributed by atoms with Crippen LogP contribution in [0.15, 0.2) is 24.3 Å². The SMILES string of the molecule is CCOC(=O)N1CCCC(C(=O)NCCc2ccc(C(F)(F)F)cc2)C1. The van der Waals surface area contributed by atoms with Gasteiger partial charge >= 0.3 is 12.3 Å². The van der Waals surface area contributed by atoms with Gasteiger partial charge in [0, 0.05) is 19.6 Å². The zero-order chi connectivity index (χ0) is 19.2. The molecule has 0 radical (unpaired) electrons. The number of amides is 2. The first-order chi connectivity index (χ1) is 12.3. The number of piperidine rings is 1.